The van der Waals surface area contributed by atoms with Crippen LogP contribution in [0.1, 0.15) is 5.56 Å². The molecule has 0 atom stereocenters. The van der Waals surface area contributed by atoms with Crippen molar-refractivity contribution >= 4 is 40.5 Å². The summed E-state index contributed by atoms with van der Waals surface area (Å²) in [5, 5.41) is 14.9. The number of hydrogen-bond acceptors (Lipinski definition) is 5. The van der Waals surface area contributed by atoms with Crippen molar-refractivity contribution in [2.45, 2.75) is 0 Å². The number of rotatable bonds is 5. The van der Waals surface area contributed by atoms with Crippen molar-refractivity contribution in [1.82, 2.24) is 14.3 Å². The van der Waals surface area contributed by atoms with Gasteiger partial charge in [-0.15, -0.1) is 11.3 Å². The highest BCUT2D eigenvalue weighted by molar-refractivity contribution is 7.07. The second-order valence-electron chi connectivity index (χ2n) is 8.10. The highest BCUT2D eigenvalue weighted by atomic mass is 35.5. The van der Waals surface area contributed by atoms with Crippen LogP contribution in [0, 0.1) is 17.1 Å². The number of carbonyl (C=O) groups excluding carboxylic acids is 1. The van der Waals surface area contributed by atoms with Crippen molar-refractivity contribution in [2.75, 3.05) is 0 Å². The maximum Gasteiger partial charge on any atom is 0.273 e. The Bertz CT molecular complexity index is 1880. The van der Waals surface area contributed by atoms with Crippen molar-refractivity contribution < 1.29 is 9.18 Å². The fraction of sp³-hybridized carbons (Fsp3) is 0. The molecule has 0 saturated carbocycles. The Labute approximate surface area is 224 Å². The van der Waals surface area contributed by atoms with E-state index >= 15 is 0 Å². The predicted molar refractivity (Wildman–Crippen MR) is 145 cm³/mol. The summed E-state index contributed by atoms with van der Waals surface area (Å²) < 4.78 is 16.7. The normalized spacial score (nSPS) is 12.3. The Morgan fingerprint density at radius 3 is 2.34 bits per heavy atom. The Hall–Kier alpha value is -4.78. The Morgan fingerprint density at radius 1 is 1.03 bits per heavy atom. The molecule has 0 fully saturated rings. The molecule has 0 aliphatic rings. The van der Waals surface area contributed by atoms with Gasteiger partial charge in [-0.05, 0) is 54.6 Å². The molecule has 2 N–H and O–H groups in total. The standard InChI is InChI=1S/C28H17ClFN5O2S/c29-19-8-6-17(7-9-19)25-18(16-34(33-25)21-4-2-1-3-5-21)14-24-27(37)35(22-12-10-20(30)11-13-22)28(38-24)23(15-31)26(32)36/h1-14,16H,(H2,32,36)/b24-14-,28-23-. The van der Waals surface area contributed by atoms with E-state index in [0.717, 1.165) is 22.6 Å². The summed E-state index contributed by atoms with van der Waals surface area (Å²) in [6.07, 6.45) is 3.42. The molecule has 186 valence electrons. The van der Waals surface area contributed by atoms with Crippen LogP contribution in [0.5, 0.6) is 0 Å². The van der Waals surface area contributed by atoms with Crippen molar-refractivity contribution in [2.24, 2.45) is 5.73 Å². The minimum Gasteiger partial charge on any atom is -0.365 e. The Balaban J connectivity index is 1.81. The zero-order valence-electron chi connectivity index (χ0n) is 19.5. The fourth-order valence-corrected chi connectivity index (χ4v) is 5.09. The van der Waals surface area contributed by atoms with Gasteiger partial charge in [-0.25, -0.2) is 9.07 Å². The van der Waals surface area contributed by atoms with E-state index in [1.807, 2.05) is 42.5 Å². The van der Waals surface area contributed by atoms with Gasteiger partial charge in [0.2, 0.25) is 0 Å². The molecule has 0 radical (unpaired) electrons. The zero-order valence-corrected chi connectivity index (χ0v) is 21.1. The van der Waals surface area contributed by atoms with Gasteiger partial charge in [0.05, 0.1) is 15.9 Å². The predicted octanol–water partition coefficient (Wildman–Crippen LogP) is 3.53. The molecule has 38 heavy (non-hydrogen) atoms. The van der Waals surface area contributed by atoms with Crippen LogP contribution < -0.4 is 20.5 Å². The summed E-state index contributed by atoms with van der Waals surface area (Å²) in [7, 11) is 0. The summed E-state index contributed by atoms with van der Waals surface area (Å²) in [6.45, 7) is 0. The monoisotopic (exact) mass is 541 g/mol. The van der Waals surface area contributed by atoms with Crippen LogP contribution in [0.15, 0.2) is 89.9 Å². The first-order chi connectivity index (χ1) is 18.4. The van der Waals surface area contributed by atoms with Gasteiger partial charge in [-0.1, -0.05) is 41.9 Å². The molecule has 5 rings (SSSR count). The van der Waals surface area contributed by atoms with Crippen molar-refractivity contribution in [3.05, 3.63) is 121 Å². The summed E-state index contributed by atoms with van der Waals surface area (Å²) >= 11 is 7.02. The molecule has 2 heterocycles. The molecule has 0 bridgehead atoms. The first-order valence-corrected chi connectivity index (χ1v) is 12.4. The highest BCUT2D eigenvalue weighted by Crippen LogP contribution is 2.25. The van der Waals surface area contributed by atoms with Crippen LogP contribution in [0.3, 0.4) is 0 Å². The van der Waals surface area contributed by atoms with Gasteiger partial charge in [0.1, 0.15) is 22.2 Å². The fourth-order valence-electron chi connectivity index (χ4n) is 3.86. The number of nitrogens with two attached hydrogens (primary N) is 1. The number of benzene rings is 3. The number of halogens is 2. The number of aromatic nitrogens is 3. The molecule has 10 heteroatoms. The van der Waals surface area contributed by atoms with Gasteiger partial charge in [0, 0.05) is 22.3 Å². The minimum absolute atomic E-state index is 0.0475. The molecule has 3 aromatic carbocycles. The number of nitriles is 1. The number of nitrogens with zero attached hydrogens (tertiary/aromatic N) is 4. The van der Waals surface area contributed by atoms with Gasteiger partial charge in [0.25, 0.3) is 11.5 Å². The van der Waals surface area contributed by atoms with Crippen LogP contribution in [0.2, 0.25) is 5.02 Å². The number of hydrogen-bond donors (Lipinski definition) is 1. The smallest absolute Gasteiger partial charge is 0.273 e. The topological polar surface area (TPSA) is 107 Å². The molecular weight excluding hydrogens is 525 g/mol. The first-order valence-electron chi connectivity index (χ1n) is 11.2. The SMILES string of the molecule is N#C/C(C(N)=O)=c1/s/c(=C\c2cn(-c3ccccc3)nc2-c2ccc(Cl)cc2)c(=O)n1-c1ccc(F)cc1. The summed E-state index contributed by atoms with van der Waals surface area (Å²) in [5.74, 6) is -1.47. The third-order valence-electron chi connectivity index (χ3n) is 5.65. The summed E-state index contributed by atoms with van der Waals surface area (Å²) in [5.41, 5.74) is 7.64. The van der Waals surface area contributed by atoms with E-state index < -0.39 is 17.3 Å². The quantitative estimate of drug-likeness (QED) is 0.367. The van der Waals surface area contributed by atoms with E-state index in [0.29, 0.717) is 16.3 Å². The number of thiazole rings is 1. The van der Waals surface area contributed by atoms with Gasteiger partial charge in [-0.2, -0.15) is 10.4 Å². The van der Waals surface area contributed by atoms with Gasteiger partial charge in [0.15, 0.2) is 5.57 Å². The van der Waals surface area contributed by atoms with E-state index in [9.17, 15) is 19.2 Å². The van der Waals surface area contributed by atoms with Crippen LogP contribution in [-0.2, 0) is 4.79 Å². The zero-order chi connectivity index (χ0) is 26.8. The molecule has 0 aliphatic heterocycles. The van der Waals surface area contributed by atoms with Crippen LogP contribution in [0.4, 0.5) is 4.39 Å². The second-order valence-corrected chi connectivity index (χ2v) is 9.57. The number of amides is 1. The summed E-state index contributed by atoms with van der Waals surface area (Å²) in [4.78, 5) is 25.7. The van der Waals surface area contributed by atoms with Crippen molar-refractivity contribution in [3.63, 3.8) is 0 Å². The molecule has 0 spiro atoms. The third-order valence-corrected chi connectivity index (χ3v) is 6.99. The third kappa shape index (κ3) is 4.78. The number of carbonyl (C=O) groups is 1. The Morgan fingerprint density at radius 2 is 1.71 bits per heavy atom. The molecule has 5 aromatic rings. The van der Waals surface area contributed by atoms with Crippen LogP contribution >= 0.6 is 22.9 Å². The van der Waals surface area contributed by atoms with Crippen LogP contribution in [-0.4, -0.2) is 20.3 Å². The molecule has 1 amide bonds. The van der Waals surface area contributed by atoms with Gasteiger partial charge >= 0.3 is 0 Å². The van der Waals surface area contributed by atoms with E-state index in [4.69, 9.17) is 22.4 Å². The Kier molecular flexibility index (Phi) is 6.75. The lowest BCUT2D eigenvalue weighted by Crippen LogP contribution is -2.32. The van der Waals surface area contributed by atoms with Crippen molar-refractivity contribution in [1.29, 1.82) is 5.26 Å². The maximum atomic E-state index is 13.6. The highest BCUT2D eigenvalue weighted by Gasteiger charge is 2.17. The van der Waals surface area contributed by atoms with Gasteiger partial charge in [-0.3, -0.25) is 14.2 Å². The second kappa shape index (κ2) is 10.3. The lowest BCUT2D eigenvalue weighted by atomic mass is 10.1. The van der Waals surface area contributed by atoms with Crippen molar-refractivity contribution in [3.8, 4) is 28.7 Å². The lowest BCUT2D eigenvalue weighted by molar-refractivity contribution is -0.112. The molecule has 7 nitrogen and oxygen atoms in total. The first kappa shape index (κ1) is 24.9. The number of para-hydroxylation sites is 1. The lowest BCUT2D eigenvalue weighted by Gasteiger charge is -2.02. The molecule has 0 aliphatic carbocycles. The van der Waals surface area contributed by atoms with Crippen LogP contribution in [0.25, 0.3) is 34.3 Å². The number of primary amides is 1. The average molecular weight is 542 g/mol. The summed E-state index contributed by atoms with van der Waals surface area (Å²) in [6, 6.07) is 23.5. The molecule has 0 unspecified atom stereocenters. The minimum atomic E-state index is -0.977. The average Bonchev–Trinajstić information content (AvgIpc) is 3.47. The van der Waals surface area contributed by atoms with E-state index in [1.165, 1.54) is 28.8 Å². The van der Waals surface area contributed by atoms with E-state index in [1.54, 1.807) is 35.2 Å². The molecule has 0 saturated heterocycles. The maximum absolute atomic E-state index is 13.6. The van der Waals surface area contributed by atoms with E-state index in [2.05, 4.69) is 0 Å². The van der Waals surface area contributed by atoms with Gasteiger partial charge < -0.3 is 5.73 Å². The van der Waals surface area contributed by atoms with E-state index in [-0.39, 0.29) is 20.5 Å². The largest absolute Gasteiger partial charge is 0.365 e. The molecular formula is C28H17ClFN5O2S. The molecule has 2 aromatic heterocycles.